The molecule has 1 aliphatic carbocycles. The van der Waals surface area contributed by atoms with Gasteiger partial charge in [-0.1, -0.05) is 40.2 Å². The first-order chi connectivity index (χ1) is 5.27. The smallest absolute Gasteiger partial charge is 0.0566 e. The Balaban J connectivity index is 2.26. The van der Waals surface area contributed by atoms with Crippen molar-refractivity contribution in [2.45, 2.75) is 6.04 Å². The first kappa shape index (κ1) is 7.17. The summed E-state index contributed by atoms with van der Waals surface area (Å²) in [6.45, 7) is 0. The lowest BCUT2D eigenvalue weighted by Crippen LogP contribution is -2.26. The quantitative estimate of drug-likeness (QED) is 0.595. The number of hydrogen-bond donors (Lipinski definition) is 0. The van der Waals surface area contributed by atoms with Gasteiger partial charge in [-0.3, -0.25) is 0 Å². The maximum atomic E-state index is 3.47. The first-order valence-corrected chi connectivity index (χ1v) is 4.52. The normalized spacial score (nSPS) is 34.0. The van der Waals surface area contributed by atoms with Gasteiger partial charge < -0.3 is 4.90 Å². The third-order valence-electron chi connectivity index (χ3n) is 2.21. The van der Waals surface area contributed by atoms with E-state index in [1.807, 2.05) is 0 Å². The molecule has 1 nitrogen and oxygen atoms in total. The van der Waals surface area contributed by atoms with Gasteiger partial charge in [-0.05, 0) is 6.20 Å². The second-order valence-electron chi connectivity index (χ2n) is 2.99. The minimum absolute atomic E-state index is 0.552. The van der Waals surface area contributed by atoms with Crippen LogP contribution in [0.5, 0.6) is 0 Å². The van der Waals surface area contributed by atoms with E-state index in [1.54, 1.807) is 0 Å². The Morgan fingerprint density at radius 3 is 3.09 bits per heavy atom. The minimum Gasteiger partial charge on any atom is -0.373 e. The van der Waals surface area contributed by atoms with Gasteiger partial charge >= 0.3 is 0 Å². The molecule has 2 atom stereocenters. The topological polar surface area (TPSA) is 3.24 Å². The molecule has 2 rings (SSSR count). The van der Waals surface area contributed by atoms with Crippen LogP contribution in [0.1, 0.15) is 0 Å². The third-order valence-corrected chi connectivity index (χ3v) is 2.74. The van der Waals surface area contributed by atoms with Gasteiger partial charge in [0.05, 0.1) is 6.04 Å². The number of likely N-dealkylation sites (N-methyl/N-ethyl adjacent to an activating group) is 1. The van der Waals surface area contributed by atoms with Crippen molar-refractivity contribution in [3.63, 3.8) is 0 Å². The maximum Gasteiger partial charge on any atom is 0.0566 e. The number of hydrogen-bond acceptors (Lipinski definition) is 1. The monoisotopic (exact) mass is 211 g/mol. The average molecular weight is 212 g/mol. The van der Waals surface area contributed by atoms with E-state index in [1.165, 1.54) is 4.48 Å². The lowest BCUT2D eigenvalue weighted by Gasteiger charge is -2.23. The first-order valence-electron chi connectivity index (χ1n) is 3.73. The summed E-state index contributed by atoms with van der Waals surface area (Å²) in [5.74, 6) is 0.569. The Morgan fingerprint density at radius 2 is 2.27 bits per heavy atom. The van der Waals surface area contributed by atoms with Gasteiger partial charge in [0.2, 0.25) is 0 Å². The van der Waals surface area contributed by atoms with Gasteiger partial charge in [-0.15, -0.1) is 0 Å². The van der Waals surface area contributed by atoms with Crippen molar-refractivity contribution in [3.05, 3.63) is 35.0 Å². The highest BCUT2D eigenvalue weighted by atomic mass is 79.9. The molecule has 0 saturated heterocycles. The summed E-state index contributed by atoms with van der Waals surface area (Å²) in [7, 11) is 2.11. The van der Waals surface area contributed by atoms with E-state index >= 15 is 0 Å². The highest BCUT2D eigenvalue weighted by molar-refractivity contribution is 9.11. The molecule has 0 fully saturated rings. The second kappa shape index (κ2) is 2.52. The Kier molecular flexibility index (Phi) is 1.64. The molecule has 2 unspecified atom stereocenters. The number of halogens is 1. The summed E-state index contributed by atoms with van der Waals surface area (Å²) in [5.41, 5.74) is 0. The molecular formula is C9H10BrN. The minimum atomic E-state index is 0.552. The van der Waals surface area contributed by atoms with E-state index in [0.717, 1.165) is 0 Å². The van der Waals surface area contributed by atoms with Gasteiger partial charge in [-0.25, -0.2) is 0 Å². The highest BCUT2D eigenvalue weighted by Crippen LogP contribution is 2.29. The number of allylic oxidation sites excluding steroid dienone is 2. The fourth-order valence-electron chi connectivity index (χ4n) is 1.57. The Morgan fingerprint density at radius 1 is 1.45 bits per heavy atom. The Bertz CT molecular complexity index is 252. The molecular weight excluding hydrogens is 202 g/mol. The van der Waals surface area contributed by atoms with Crippen LogP contribution in [0.15, 0.2) is 35.0 Å². The van der Waals surface area contributed by atoms with Crippen LogP contribution in [0.2, 0.25) is 0 Å². The predicted molar refractivity (Wildman–Crippen MR) is 50.3 cm³/mol. The number of rotatable bonds is 0. The van der Waals surface area contributed by atoms with Gasteiger partial charge in [-0.2, -0.15) is 0 Å². The zero-order valence-electron chi connectivity index (χ0n) is 6.37. The molecule has 0 N–H and O–H groups in total. The van der Waals surface area contributed by atoms with Crippen LogP contribution in [-0.4, -0.2) is 18.0 Å². The summed E-state index contributed by atoms with van der Waals surface area (Å²) in [6.07, 6.45) is 11.0. The van der Waals surface area contributed by atoms with Crippen molar-refractivity contribution >= 4 is 15.9 Å². The SMILES string of the molecule is CN1C=CC2C=C(Br)C=CC21. The molecule has 0 bridgehead atoms. The standard InChI is InChI=1S/C9H10BrN/c1-11-5-4-7-6-8(10)2-3-9(7)11/h2-7,9H,1H3. The second-order valence-corrected chi connectivity index (χ2v) is 3.90. The molecule has 2 heteroatoms. The molecule has 1 aliphatic heterocycles. The largest absolute Gasteiger partial charge is 0.373 e. The third kappa shape index (κ3) is 1.16. The molecule has 0 aromatic heterocycles. The summed E-state index contributed by atoms with van der Waals surface area (Å²) >= 11 is 3.47. The zero-order chi connectivity index (χ0) is 7.84. The van der Waals surface area contributed by atoms with Crippen molar-refractivity contribution in [3.8, 4) is 0 Å². The molecule has 0 amide bonds. The fraction of sp³-hybridized carbons (Fsp3) is 0.333. The summed E-state index contributed by atoms with van der Waals surface area (Å²) in [5, 5.41) is 0. The average Bonchev–Trinajstić information content (AvgIpc) is 2.32. The van der Waals surface area contributed by atoms with E-state index < -0.39 is 0 Å². The summed E-state index contributed by atoms with van der Waals surface area (Å²) in [4.78, 5) is 2.23. The lowest BCUT2D eigenvalue weighted by atomic mass is 9.97. The number of fused-ring (bicyclic) bond motifs is 1. The Labute approximate surface area is 75.2 Å². The van der Waals surface area contributed by atoms with Crippen LogP contribution >= 0.6 is 15.9 Å². The van der Waals surface area contributed by atoms with Crippen LogP contribution in [0.25, 0.3) is 0 Å². The van der Waals surface area contributed by atoms with E-state index in [0.29, 0.717) is 12.0 Å². The van der Waals surface area contributed by atoms with Crippen molar-refractivity contribution in [2.75, 3.05) is 7.05 Å². The molecule has 0 aromatic rings. The van der Waals surface area contributed by atoms with Crippen molar-refractivity contribution < 1.29 is 0 Å². The molecule has 11 heavy (non-hydrogen) atoms. The van der Waals surface area contributed by atoms with E-state index in [9.17, 15) is 0 Å². The van der Waals surface area contributed by atoms with Crippen LogP contribution < -0.4 is 0 Å². The molecule has 0 radical (unpaired) electrons. The molecule has 0 saturated carbocycles. The zero-order valence-corrected chi connectivity index (χ0v) is 7.95. The maximum absolute atomic E-state index is 3.47. The van der Waals surface area contributed by atoms with Gasteiger partial charge in [0.15, 0.2) is 0 Å². The number of nitrogens with zero attached hydrogens (tertiary/aromatic N) is 1. The van der Waals surface area contributed by atoms with Gasteiger partial charge in [0.1, 0.15) is 0 Å². The summed E-state index contributed by atoms with van der Waals surface area (Å²) < 4.78 is 1.19. The van der Waals surface area contributed by atoms with E-state index in [-0.39, 0.29) is 0 Å². The fourth-order valence-corrected chi connectivity index (χ4v) is 2.03. The van der Waals surface area contributed by atoms with Crippen molar-refractivity contribution in [1.29, 1.82) is 0 Å². The molecule has 2 aliphatic rings. The molecule has 0 spiro atoms. The van der Waals surface area contributed by atoms with Gasteiger partial charge in [0.25, 0.3) is 0 Å². The van der Waals surface area contributed by atoms with Crippen LogP contribution in [0, 0.1) is 5.92 Å². The molecule has 1 heterocycles. The lowest BCUT2D eigenvalue weighted by molar-refractivity contribution is 0.380. The Hall–Kier alpha value is -0.500. The van der Waals surface area contributed by atoms with Crippen LogP contribution in [0.4, 0.5) is 0 Å². The summed E-state index contributed by atoms with van der Waals surface area (Å²) in [6, 6.07) is 0.552. The van der Waals surface area contributed by atoms with Gasteiger partial charge in [0, 0.05) is 17.4 Å². The van der Waals surface area contributed by atoms with Crippen LogP contribution in [-0.2, 0) is 0 Å². The van der Waals surface area contributed by atoms with Crippen LogP contribution in [0.3, 0.4) is 0 Å². The van der Waals surface area contributed by atoms with Crippen molar-refractivity contribution in [2.24, 2.45) is 5.92 Å². The van der Waals surface area contributed by atoms with Crippen molar-refractivity contribution in [1.82, 2.24) is 4.90 Å². The predicted octanol–water partition coefficient (Wildman–Crippen LogP) is 2.28. The highest BCUT2D eigenvalue weighted by Gasteiger charge is 2.24. The molecule has 58 valence electrons. The van der Waals surface area contributed by atoms with E-state index in [4.69, 9.17) is 0 Å². The molecule has 0 aromatic carbocycles. The van der Waals surface area contributed by atoms with E-state index in [2.05, 4.69) is 58.4 Å².